The fourth-order valence-corrected chi connectivity index (χ4v) is 4.76. The maximum absolute atomic E-state index is 4.18. The lowest BCUT2D eigenvalue weighted by atomic mass is 9.77. The fraction of sp³-hybridized carbons (Fsp3) is 0.0714. The maximum atomic E-state index is 4.18. The Morgan fingerprint density at radius 3 is 1.59 bits per heavy atom. The summed E-state index contributed by atoms with van der Waals surface area (Å²) in [4.78, 5) is 0. The lowest BCUT2D eigenvalue weighted by Gasteiger charge is -2.35. The molecule has 29 heavy (non-hydrogen) atoms. The first-order valence-corrected chi connectivity index (χ1v) is 10.5. The molecule has 4 rings (SSSR count). The Morgan fingerprint density at radius 2 is 1.07 bits per heavy atom. The second-order valence-corrected chi connectivity index (χ2v) is 8.12. The van der Waals surface area contributed by atoms with Gasteiger partial charge in [0.1, 0.15) is 0 Å². The summed E-state index contributed by atoms with van der Waals surface area (Å²) in [7, 11) is 3.16. The van der Waals surface area contributed by atoms with E-state index < -0.39 is 0 Å². The standard InChI is InChI=1S/C28H25P/c1-2-25(22-14-6-3-7-15-22)26-20-12-13-21-27(26)28(29,23-16-8-4-9-17-23)24-18-10-5-11-19-24/h2-21,25H,1,29H2. The molecule has 0 radical (unpaired) electrons. The predicted octanol–water partition coefficient (Wildman–Crippen LogP) is 7.17. The van der Waals surface area contributed by atoms with Crippen LogP contribution in [0.2, 0.25) is 0 Å². The van der Waals surface area contributed by atoms with Crippen molar-refractivity contribution in [1.29, 1.82) is 0 Å². The molecule has 0 heterocycles. The van der Waals surface area contributed by atoms with E-state index in [1.54, 1.807) is 0 Å². The number of hydrogen-bond donors (Lipinski definition) is 0. The van der Waals surface area contributed by atoms with Gasteiger partial charge in [-0.2, -0.15) is 0 Å². The lowest BCUT2D eigenvalue weighted by Crippen LogP contribution is -2.24. The summed E-state index contributed by atoms with van der Waals surface area (Å²) in [6.45, 7) is 4.18. The Morgan fingerprint density at radius 1 is 0.621 bits per heavy atom. The molecule has 4 aromatic rings. The van der Waals surface area contributed by atoms with E-state index in [1.165, 1.54) is 27.8 Å². The fourth-order valence-electron chi connectivity index (χ4n) is 4.11. The highest BCUT2D eigenvalue weighted by Gasteiger charge is 2.34. The van der Waals surface area contributed by atoms with Gasteiger partial charge in [-0.3, -0.25) is 0 Å². The summed E-state index contributed by atoms with van der Waals surface area (Å²) in [5.74, 6) is 0.125. The first-order chi connectivity index (χ1) is 14.2. The van der Waals surface area contributed by atoms with Crippen molar-refractivity contribution in [1.82, 2.24) is 0 Å². The van der Waals surface area contributed by atoms with E-state index in [2.05, 4.69) is 137 Å². The number of allylic oxidation sites excluding steroid dienone is 1. The van der Waals surface area contributed by atoms with Crippen LogP contribution in [0.5, 0.6) is 0 Å². The maximum Gasteiger partial charge on any atom is 0.0594 e. The van der Waals surface area contributed by atoms with Crippen molar-refractivity contribution in [3.63, 3.8) is 0 Å². The molecule has 0 amide bonds. The Labute approximate surface area is 176 Å². The van der Waals surface area contributed by atoms with E-state index >= 15 is 0 Å². The predicted molar refractivity (Wildman–Crippen MR) is 127 cm³/mol. The highest BCUT2D eigenvalue weighted by Crippen LogP contribution is 2.48. The van der Waals surface area contributed by atoms with E-state index in [-0.39, 0.29) is 11.1 Å². The van der Waals surface area contributed by atoms with Crippen LogP contribution in [0.15, 0.2) is 128 Å². The van der Waals surface area contributed by atoms with E-state index in [9.17, 15) is 0 Å². The van der Waals surface area contributed by atoms with Gasteiger partial charge in [0.25, 0.3) is 0 Å². The molecule has 0 aliphatic heterocycles. The SMILES string of the molecule is C=CC(c1ccccc1)c1ccccc1C(P)(c1ccccc1)c1ccccc1. The average molecular weight is 392 g/mol. The van der Waals surface area contributed by atoms with E-state index in [1.807, 2.05) is 0 Å². The smallest absolute Gasteiger partial charge is 0.0594 e. The largest absolute Gasteiger partial charge is 0.117 e. The zero-order valence-electron chi connectivity index (χ0n) is 16.4. The van der Waals surface area contributed by atoms with Gasteiger partial charge in [-0.15, -0.1) is 15.8 Å². The zero-order valence-corrected chi connectivity index (χ0v) is 17.6. The minimum absolute atomic E-state index is 0.125. The van der Waals surface area contributed by atoms with Crippen molar-refractivity contribution in [2.24, 2.45) is 0 Å². The molecule has 0 bridgehead atoms. The minimum Gasteiger partial charge on any atom is -0.117 e. The van der Waals surface area contributed by atoms with Crippen LogP contribution >= 0.6 is 9.24 Å². The van der Waals surface area contributed by atoms with Gasteiger partial charge in [0.05, 0.1) is 5.16 Å². The molecule has 0 saturated heterocycles. The average Bonchev–Trinajstić information content (AvgIpc) is 2.81. The normalized spacial score (nSPS) is 12.3. The van der Waals surface area contributed by atoms with Crippen LogP contribution in [0.4, 0.5) is 0 Å². The van der Waals surface area contributed by atoms with Crippen molar-refractivity contribution in [3.05, 3.63) is 156 Å². The zero-order chi connectivity index (χ0) is 20.1. The summed E-state index contributed by atoms with van der Waals surface area (Å²) >= 11 is 0. The third kappa shape index (κ3) is 3.69. The summed E-state index contributed by atoms with van der Waals surface area (Å²) in [6, 6.07) is 40.8. The molecule has 2 atom stereocenters. The molecule has 0 nitrogen and oxygen atoms in total. The van der Waals surface area contributed by atoms with Crippen LogP contribution in [-0.4, -0.2) is 0 Å². The quantitative estimate of drug-likeness (QED) is 0.185. The van der Waals surface area contributed by atoms with Gasteiger partial charge in [0.2, 0.25) is 0 Å². The molecule has 4 aromatic carbocycles. The molecular formula is C28H25P. The van der Waals surface area contributed by atoms with Gasteiger partial charge < -0.3 is 0 Å². The van der Waals surface area contributed by atoms with Gasteiger partial charge in [-0.25, -0.2) is 0 Å². The highest BCUT2D eigenvalue weighted by molar-refractivity contribution is 7.19. The van der Waals surface area contributed by atoms with Crippen molar-refractivity contribution in [3.8, 4) is 0 Å². The van der Waals surface area contributed by atoms with Gasteiger partial charge in [-0.1, -0.05) is 121 Å². The van der Waals surface area contributed by atoms with Crippen molar-refractivity contribution in [2.75, 3.05) is 0 Å². The van der Waals surface area contributed by atoms with Crippen molar-refractivity contribution < 1.29 is 0 Å². The van der Waals surface area contributed by atoms with Gasteiger partial charge in [-0.05, 0) is 27.8 Å². The first-order valence-electron chi connectivity index (χ1n) is 9.92. The van der Waals surface area contributed by atoms with Crippen LogP contribution in [0.3, 0.4) is 0 Å². The second-order valence-electron chi connectivity index (χ2n) is 7.25. The summed E-state index contributed by atoms with van der Waals surface area (Å²) < 4.78 is 0. The van der Waals surface area contributed by atoms with E-state index in [0.29, 0.717) is 0 Å². The van der Waals surface area contributed by atoms with Crippen LogP contribution in [0.25, 0.3) is 0 Å². The van der Waals surface area contributed by atoms with Crippen molar-refractivity contribution in [2.45, 2.75) is 11.1 Å². The molecule has 0 aliphatic rings. The Balaban J connectivity index is 1.97. The van der Waals surface area contributed by atoms with Gasteiger partial charge in [0, 0.05) is 5.92 Å². The Bertz CT molecular complexity index is 1030. The molecule has 1 heteroatoms. The third-order valence-corrected chi connectivity index (χ3v) is 6.55. The molecular weight excluding hydrogens is 367 g/mol. The highest BCUT2D eigenvalue weighted by atomic mass is 31.0. The lowest BCUT2D eigenvalue weighted by molar-refractivity contribution is 0.857. The van der Waals surface area contributed by atoms with Gasteiger partial charge >= 0.3 is 0 Å². The Kier molecular flexibility index (Phi) is 5.74. The summed E-state index contributed by atoms with van der Waals surface area (Å²) in [5, 5.41) is -0.352. The molecule has 0 aliphatic carbocycles. The van der Waals surface area contributed by atoms with Crippen LogP contribution < -0.4 is 0 Å². The molecule has 142 valence electrons. The van der Waals surface area contributed by atoms with Crippen LogP contribution in [0.1, 0.15) is 33.7 Å². The number of rotatable bonds is 6. The van der Waals surface area contributed by atoms with Crippen LogP contribution in [-0.2, 0) is 5.16 Å². The second kappa shape index (κ2) is 8.60. The summed E-state index contributed by atoms with van der Waals surface area (Å²) in [6.07, 6.45) is 2.05. The Hall–Kier alpha value is -2.95. The molecule has 2 unspecified atom stereocenters. The van der Waals surface area contributed by atoms with E-state index in [0.717, 1.165) is 0 Å². The number of hydrogen-bond acceptors (Lipinski definition) is 0. The molecule has 0 spiro atoms. The first kappa shape index (κ1) is 19.4. The number of benzene rings is 4. The molecule has 0 N–H and O–H groups in total. The van der Waals surface area contributed by atoms with Crippen LogP contribution in [0, 0.1) is 0 Å². The molecule has 0 saturated carbocycles. The van der Waals surface area contributed by atoms with E-state index in [4.69, 9.17) is 0 Å². The van der Waals surface area contributed by atoms with Crippen molar-refractivity contribution >= 4 is 9.24 Å². The van der Waals surface area contributed by atoms with Gasteiger partial charge in [0.15, 0.2) is 0 Å². The third-order valence-electron chi connectivity index (χ3n) is 5.57. The summed E-state index contributed by atoms with van der Waals surface area (Å²) in [5.41, 5.74) is 6.30. The topological polar surface area (TPSA) is 0 Å². The minimum atomic E-state index is -0.352. The monoisotopic (exact) mass is 392 g/mol. The molecule has 0 aromatic heterocycles. The molecule has 0 fully saturated rings.